The molecule has 4 heterocycles. The highest BCUT2D eigenvalue weighted by molar-refractivity contribution is 6.31. The number of carbonyl (C=O) groups is 1. The molecule has 13 heteroatoms. The van der Waals surface area contributed by atoms with E-state index in [1.165, 1.54) is 24.2 Å². The van der Waals surface area contributed by atoms with Crippen LogP contribution in [0.4, 0.5) is 14.9 Å². The highest BCUT2D eigenvalue weighted by Crippen LogP contribution is 2.35. The molecule has 0 spiro atoms. The summed E-state index contributed by atoms with van der Waals surface area (Å²) < 4.78 is 22.8. The maximum atomic E-state index is 15.1. The molecular formula is C26H20ClFN8O3. The molecule has 2 aromatic carbocycles. The van der Waals surface area contributed by atoms with Gasteiger partial charge < -0.3 is 14.3 Å². The Morgan fingerprint density at radius 3 is 2.72 bits per heavy atom. The summed E-state index contributed by atoms with van der Waals surface area (Å²) in [6, 6.07) is 14.8. The van der Waals surface area contributed by atoms with Gasteiger partial charge in [0.25, 0.3) is 5.56 Å². The number of tetrazole rings is 1. The molecule has 0 radical (unpaired) electrons. The lowest BCUT2D eigenvalue weighted by molar-refractivity contribution is 0.187. The number of nitrogens with one attached hydrogen (secondary N) is 2. The number of hydrogen-bond acceptors (Lipinski definition) is 7. The minimum absolute atomic E-state index is 0.229. The molecular weight excluding hydrogens is 527 g/mol. The number of amides is 1. The number of anilines is 1. The second-order valence-electron chi connectivity index (χ2n) is 8.90. The van der Waals surface area contributed by atoms with E-state index in [2.05, 4.69) is 35.5 Å². The molecule has 5 aromatic rings. The van der Waals surface area contributed by atoms with Gasteiger partial charge in [-0.3, -0.25) is 10.1 Å². The van der Waals surface area contributed by atoms with E-state index in [9.17, 15) is 9.59 Å². The fourth-order valence-corrected chi connectivity index (χ4v) is 5.01. The van der Waals surface area contributed by atoms with E-state index in [0.717, 1.165) is 5.69 Å². The van der Waals surface area contributed by atoms with Crippen molar-refractivity contribution in [3.8, 4) is 28.2 Å². The Hall–Kier alpha value is -4.84. The zero-order valence-corrected chi connectivity index (χ0v) is 21.2. The van der Waals surface area contributed by atoms with Gasteiger partial charge in [-0.15, -0.1) is 5.10 Å². The summed E-state index contributed by atoms with van der Waals surface area (Å²) >= 11 is 6.28. The van der Waals surface area contributed by atoms with Crippen molar-refractivity contribution in [2.45, 2.75) is 18.9 Å². The molecule has 0 bridgehead atoms. The van der Waals surface area contributed by atoms with Crippen molar-refractivity contribution < 1.29 is 13.9 Å². The molecule has 0 fully saturated rings. The lowest BCUT2D eigenvalue weighted by Crippen LogP contribution is -2.24. The molecule has 2 N–H and O–H groups in total. The Bertz CT molecular complexity index is 1750. The van der Waals surface area contributed by atoms with E-state index in [1.807, 2.05) is 6.07 Å². The average Bonchev–Trinajstić information content (AvgIpc) is 3.69. The third-order valence-corrected chi connectivity index (χ3v) is 6.84. The van der Waals surface area contributed by atoms with Crippen molar-refractivity contribution in [2.75, 3.05) is 12.4 Å². The first-order valence-electron chi connectivity index (χ1n) is 11.9. The smallest absolute Gasteiger partial charge is 0.411 e. The summed E-state index contributed by atoms with van der Waals surface area (Å²) in [6.07, 6.45) is 1.96. The first kappa shape index (κ1) is 24.5. The van der Waals surface area contributed by atoms with Crippen molar-refractivity contribution in [3.05, 3.63) is 93.6 Å². The topological polar surface area (TPSA) is 133 Å². The number of aromatic amines is 1. The quantitative estimate of drug-likeness (QED) is 0.334. The number of fused-ring (bicyclic) bond motifs is 1. The summed E-state index contributed by atoms with van der Waals surface area (Å²) in [6.45, 7) is 0. The molecule has 1 atom stereocenters. The van der Waals surface area contributed by atoms with E-state index >= 15 is 4.39 Å². The Kier molecular flexibility index (Phi) is 6.15. The van der Waals surface area contributed by atoms with Gasteiger partial charge in [-0.25, -0.2) is 9.78 Å². The highest BCUT2D eigenvalue weighted by atomic mass is 35.5. The maximum absolute atomic E-state index is 15.1. The van der Waals surface area contributed by atoms with Crippen molar-refractivity contribution in [1.82, 2.24) is 34.7 Å². The SMILES string of the molecule is COC(=O)Nc1ccc(-c2nc(F)c([C@@H]3CCc4cc(-c5cc(Cl)ccc5-n5cnnn5)cc(=O)n43)[nH]2)cc1. The number of rotatable bonds is 5. The largest absolute Gasteiger partial charge is 0.453 e. The first-order valence-corrected chi connectivity index (χ1v) is 12.3. The van der Waals surface area contributed by atoms with E-state index in [1.54, 1.807) is 47.0 Å². The van der Waals surface area contributed by atoms with E-state index < -0.39 is 18.1 Å². The van der Waals surface area contributed by atoms with Gasteiger partial charge in [-0.2, -0.15) is 9.07 Å². The van der Waals surface area contributed by atoms with Crippen molar-refractivity contribution in [3.63, 3.8) is 0 Å². The van der Waals surface area contributed by atoms with E-state index in [0.29, 0.717) is 51.8 Å². The number of nitrogens with zero attached hydrogens (tertiary/aromatic N) is 6. The van der Waals surface area contributed by atoms with E-state index in [-0.39, 0.29) is 11.3 Å². The zero-order chi connectivity index (χ0) is 27.1. The number of ether oxygens (including phenoxy) is 1. The van der Waals surface area contributed by atoms with E-state index in [4.69, 9.17) is 11.6 Å². The van der Waals surface area contributed by atoms with Gasteiger partial charge in [0.1, 0.15) is 12.2 Å². The molecule has 6 rings (SSSR count). The third kappa shape index (κ3) is 4.55. The lowest BCUT2D eigenvalue weighted by Gasteiger charge is -2.15. The molecule has 39 heavy (non-hydrogen) atoms. The fourth-order valence-electron chi connectivity index (χ4n) is 4.84. The molecule has 0 aliphatic carbocycles. The Balaban J connectivity index is 1.33. The summed E-state index contributed by atoms with van der Waals surface area (Å²) in [5.74, 6) is -0.360. The van der Waals surface area contributed by atoms with Crippen LogP contribution < -0.4 is 10.9 Å². The zero-order valence-electron chi connectivity index (χ0n) is 20.4. The number of H-pyrrole nitrogens is 1. The van der Waals surface area contributed by atoms with Crippen LogP contribution in [0.2, 0.25) is 5.02 Å². The number of aromatic nitrogens is 7. The standard InChI is InChI=1S/C26H20ClFN8O3/c1-39-26(38)30-17-5-2-14(3-6-17)25-31-23(24(28)32-25)21-9-7-18-10-15(11-22(37)36(18)21)19-12-16(27)4-8-20(19)35-13-29-33-34-35/h2-6,8,10-13,21H,7,9H2,1H3,(H,30,38)(H,31,32)/t21-/m0/s1. The van der Waals surface area contributed by atoms with Gasteiger partial charge in [0.15, 0.2) is 0 Å². The minimum Gasteiger partial charge on any atom is -0.453 e. The first-order chi connectivity index (χ1) is 18.9. The van der Waals surface area contributed by atoms with Gasteiger partial charge in [0, 0.05) is 33.6 Å². The molecule has 11 nitrogen and oxygen atoms in total. The van der Waals surface area contributed by atoms with Gasteiger partial charge in [-0.1, -0.05) is 11.6 Å². The van der Waals surface area contributed by atoms with Crippen molar-refractivity contribution in [1.29, 1.82) is 0 Å². The number of imidazole rings is 1. The van der Waals surface area contributed by atoms with Crippen LogP contribution >= 0.6 is 11.6 Å². The number of halogens is 2. The van der Waals surface area contributed by atoms with Gasteiger partial charge in [-0.05, 0) is 77.4 Å². The van der Waals surface area contributed by atoms with Crippen LogP contribution in [0.3, 0.4) is 0 Å². The molecule has 196 valence electrons. The average molecular weight is 547 g/mol. The normalized spacial score (nSPS) is 14.3. The lowest BCUT2D eigenvalue weighted by atomic mass is 10.0. The molecule has 0 saturated heterocycles. The molecule has 1 aliphatic heterocycles. The van der Waals surface area contributed by atoms with Gasteiger partial charge in [0.05, 0.1) is 24.5 Å². The predicted molar refractivity (Wildman–Crippen MR) is 140 cm³/mol. The van der Waals surface area contributed by atoms with Gasteiger partial charge >= 0.3 is 6.09 Å². The Morgan fingerprint density at radius 2 is 1.97 bits per heavy atom. The Morgan fingerprint density at radius 1 is 1.15 bits per heavy atom. The number of benzene rings is 2. The highest BCUT2D eigenvalue weighted by Gasteiger charge is 2.30. The van der Waals surface area contributed by atoms with Crippen LogP contribution in [0.25, 0.3) is 28.2 Å². The van der Waals surface area contributed by atoms with Crippen molar-refractivity contribution >= 4 is 23.4 Å². The number of methoxy groups -OCH3 is 1. The monoisotopic (exact) mass is 546 g/mol. The molecule has 1 aliphatic rings. The minimum atomic E-state index is -0.675. The summed E-state index contributed by atoms with van der Waals surface area (Å²) in [7, 11) is 1.27. The molecule has 0 unspecified atom stereocenters. The fraction of sp³-hybridized carbons (Fsp3) is 0.154. The third-order valence-electron chi connectivity index (χ3n) is 6.61. The Labute approximate surface area is 225 Å². The van der Waals surface area contributed by atoms with Crippen LogP contribution in [0.1, 0.15) is 23.9 Å². The summed E-state index contributed by atoms with van der Waals surface area (Å²) in [4.78, 5) is 31.9. The number of carbonyl (C=O) groups excluding carboxylic acids is 1. The molecule has 3 aromatic heterocycles. The van der Waals surface area contributed by atoms with Gasteiger partial charge in [0.2, 0.25) is 5.95 Å². The number of pyridine rings is 1. The number of hydrogen-bond donors (Lipinski definition) is 2. The van der Waals surface area contributed by atoms with Crippen molar-refractivity contribution in [2.24, 2.45) is 0 Å². The molecule has 0 saturated carbocycles. The van der Waals surface area contributed by atoms with Crippen LogP contribution in [0.5, 0.6) is 0 Å². The summed E-state index contributed by atoms with van der Waals surface area (Å²) in [5, 5.41) is 14.4. The molecule has 1 amide bonds. The van der Waals surface area contributed by atoms with Crippen LogP contribution in [-0.2, 0) is 11.2 Å². The predicted octanol–water partition coefficient (Wildman–Crippen LogP) is 4.39. The maximum Gasteiger partial charge on any atom is 0.411 e. The second-order valence-corrected chi connectivity index (χ2v) is 9.33. The van der Waals surface area contributed by atoms with Crippen LogP contribution in [0.15, 0.2) is 65.7 Å². The van der Waals surface area contributed by atoms with Crippen LogP contribution in [0, 0.1) is 5.95 Å². The second kappa shape index (κ2) is 9.80. The van der Waals surface area contributed by atoms with Crippen LogP contribution in [-0.4, -0.2) is 47.9 Å². The number of aryl methyl sites for hydroxylation is 1. The summed E-state index contributed by atoms with van der Waals surface area (Å²) in [5.41, 5.74) is 3.87.